The van der Waals surface area contributed by atoms with Crippen molar-refractivity contribution in [1.29, 1.82) is 0 Å². The molecular formula is C13H12O3. The fraction of sp³-hybridized carbons (Fsp3) is 0.308. The maximum atomic E-state index is 11.7. The summed E-state index contributed by atoms with van der Waals surface area (Å²) in [6.07, 6.45) is 1.47. The van der Waals surface area contributed by atoms with Crippen LogP contribution in [0.4, 0.5) is 0 Å². The van der Waals surface area contributed by atoms with Crippen LogP contribution in [0.5, 0.6) is 0 Å². The molecule has 0 radical (unpaired) electrons. The molecule has 1 heterocycles. The van der Waals surface area contributed by atoms with E-state index in [-0.39, 0.29) is 5.76 Å². The van der Waals surface area contributed by atoms with Gasteiger partial charge in [0.15, 0.2) is 11.4 Å². The van der Waals surface area contributed by atoms with Crippen molar-refractivity contribution >= 4 is 11.5 Å². The van der Waals surface area contributed by atoms with Gasteiger partial charge in [-0.2, -0.15) is 0 Å². The average Bonchev–Trinajstić information content (AvgIpc) is 2.97. The fourth-order valence-electron chi connectivity index (χ4n) is 2.03. The highest BCUT2D eigenvalue weighted by Crippen LogP contribution is 2.52. The Bertz CT molecular complexity index is 492. The first-order valence-electron chi connectivity index (χ1n) is 5.36. The van der Waals surface area contributed by atoms with Crippen molar-refractivity contribution < 1.29 is 14.6 Å². The first-order chi connectivity index (χ1) is 7.62. The van der Waals surface area contributed by atoms with Gasteiger partial charge in [-0.3, -0.25) is 0 Å². The van der Waals surface area contributed by atoms with Gasteiger partial charge in [-0.25, -0.2) is 4.79 Å². The van der Waals surface area contributed by atoms with Gasteiger partial charge in [0.2, 0.25) is 0 Å². The van der Waals surface area contributed by atoms with Crippen LogP contribution in [0, 0.1) is 6.92 Å². The summed E-state index contributed by atoms with van der Waals surface area (Å²) in [6.45, 7) is 1.98. The number of aliphatic hydroxyl groups is 1. The lowest BCUT2D eigenvalue weighted by Gasteiger charge is -2.04. The van der Waals surface area contributed by atoms with Crippen LogP contribution in [0.25, 0.3) is 5.57 Å². The Morgan fingerprint density at radius 2 is 1.88 bits per heavy atom. The summed E-state index contributed by atoms with van der Waals surface area (Å²) < 4.78 is 5.21. The van der Waals surface area contributed by atoms with Crippen LogP contribution >= 0.6 is 0 Å². The molecule has 1 spiro atoms. The highest BCUT2D eigenvalue weighted by Gasteiger charge is 2.57. The molecule has 0 atom stereocenters. The number of hydrogen-bond donors (Lipinski definition) is 1. The summed E-state index contributed by atoms with van der Waals surface area (Å²) in [7, 11) is 0. The quantitative estimate of drug-likeness (QED) is 0.733. The normalized spacial score (nSPS) is 21.4. The molecule has 1 fully saturated rings. The number of benzene rings is 1. The average molecular weight is 216 g/mol. The minimum absolute atomic E-state index is 0.112. The van der Waals surface area contributed by atoms with Crippen LogP contribution in [0.1, 0.15) is 24.0 Å². The second-order valence-corrected chi connectivity index (χ2v) is 4.47. The summed E-state index contributed by atoms with van der Waals surface area (Å²) in [6, 6.07) is 7.51. The molecule has 82 valence electrons. The molecule has 2 aliphatic rings. The Hall–Kier alpha value is -1.77. The standard InChI is InChI=1S/C13H12O3/c1-8-2-4-9(5-3-8)10-11(14)13(6-7-13)16-12(10)15/h2-5,14H,6-7H2,1H3. The van der Waals surface area contributed by atoms with Gasteiger partial charge in [-0.15, -0.1) is 0 Å². The zero-order valence-electron chi connectivity index (χ0n) is 8.99. The third-order valence-electron chi connectivity index (χ3n) is 3.20. The van der Waals surface area contributed by atoms with Crippen molar-refractivity contribution in [3.63, 3.8) is 0 Å². The summed E-state index contributed by atoms with van der Waals surface area (Å²) in [5, 5.41) is 10.0. The molecule has 3 nitrogen and oxygen atoms in total. The molecule has 1 aromatic carbocycles. The van der Waals surface area contributed by atoms with E-state index in [1.807, 2.05) is 31.2 Å². The highest BCUT2D eigenvalue weighted by molar-refractivity contribution is 6.19. The second kappa shape index (κ2) is 2.88. The number of carbonyl (C=O) groups excluding carboxylic acids is 1. The monoisotopic (exact) mass is 216 g/mol. The van der Waals surface area contributed by atoms with Crippen molar-refractivity contribution in [2.24, 2.45) is 0 Å². The number of esters is 1. The largest absolute Gasteiger partial charge is 0.507 e. The number of aliphatic hydroxyl groups excluding tert-OH is 1. The fourth-order valence-corrected chi connectivity index (χ4v) is 2.03. The lowest BCUT2D eigenvalue weighted by Crippen LogP contribution is -2.11. The van der Waals surface area contributed by atoms with Gasteiger partial charge < -0.3 is 9.84 Å². The molecule has 1 aliphatic heterocycles. The molecular weight excluding hydrogens is 204 g/mol. The SMILES string of the molecule is Cc1ccc(C2=C(O)C3(CC3)OC2=O)cc1. The van der Waals surface area contributed by atoms with Crippen LogP contribution in [0.15, 0.2) is 30.0 Å². The number of rotatable bonds is 1. The number of aryl methyl sites for hydroxylation is 1. The van der Waals surface area contributed by atoms with Crippen molar-refractivity contribution in [2.45, 2.75) is 25.4 Å². The molecule has 0 bridgehead atoms. The van der Waals surface area contributed by atoms with Gasteiger partial charge >= 0.3 is 5.97 Å². The lowest BCUT2D eigenvalue weighted by molar-refractivity contribution is -0.140. The molecule has 0 saturated heterocycles. The first kappa shape index (κ1) is 9.46. The summed E-state index contributed by atoms with van der Waals surface area (Å²) in [5.74, 6) is -0.291. The number of carbonyl (C=O) groups is 1. The van der Waals surface area contributed by atoms with Crippen LogP contribution in [0.3, 0.4) is 0 Å². The van der Waals surface area contributed by atoms with E-state index in [1.165, 1.54) is 0 Å². The van der Waals surface area contributed by atoms with Crippen LogP contribution < -0.4 is 0 Å². The minimum Gasteiger partial charge on any atom is -0.507 e. The lowest BCUT2D eigenvalue weighted by atomic mass is 10.0. The topological polar surface area (TPSA) is 46.5 Å². The van der Waals surface area contributed by atoms with Crippen LogP contribution in [-0.2, 0) is 9.53 Å². The number of ether oxygens (including phenoxy) is 1. The van der Waals surface area contributed by atoms with Gasteiger partial charge in [0.1, 0.15) is 5.57 Å². The van der Waals surface area contributed by atoms with Crippen molar-refractivity contribution in [3.05, 3.63) is 41.2 Å². The summed E-state index contributed by atoms with van der Waals surface area (Å²) in [4.78, 5) is 11.7. The summed E-state index contributed by atoms with van der Waals surface area (Å²) in [5.41, 5.74) is 1.52. The Morgan fingerprint density at radius 3 is 2.38 bits per heavy atom. The molecule has 0 aromatic heterocycles. The molecule has 1 aromatic rings. The summed E-state index contributed by atoms with van der Waals surface area (Å²) >= 11 is 0. The first-order valence-corrected chi connectivity index (χ1v) is 5.36. The third-order valence-corrected chi connectivity index (χ3v) is 3.20. The maximum Gasteiger partial charge on any atom is 0.343 e. The molecule has 0 amide bonds. The predicted molar refractivity (Wildman–Crippen MR) is 58.8 cm³/mol. The Balaban J connectivity index is 2.09. The Morgan fingerprint density at radius 1 is 1.25 bits per heavy atom. The van der Waals surface area contributed by atoms with E-state index in [4.69, 9.17) is 4.74 Å². The predicted octanol–water partition coefficient (Wildman–Crippen LogP) is 2.35. The van der Waals surface area contributed by atoms with E-state index < -0.39 is 11.6 Å². The molecule has 1 saturated carbocycles. The zero-order valence-corrected chi connectivity index (χ0v) is 8.99. The molecule has 1 N–H and O–H groups in total. The highest BCUT2D eigenvalue weighted by atomic mass is 16.6. The zero-order chi connectivity index (χ0) is 11.3. The van der Waals surface area contributed by atoms with Crippen molar-refractivity contribution in [3.8, 4) is 0 Å². The van der Waals surface area contributed by atoms with E-state index in [9.17, 15) is 9.90 Å². The Kier molecular flexibility index (Phi) is 1.70. The Labute approximate surface area is 93.4 Å². The number of hydrogen-bond acceptors (Lipinski definition) is 3. The van der Waals surface area contributed by atoms with Crippen molar-refractivity contribution in [2.75, 3.05) is 0 Å². The molecule has 3 rings (SSSR count). The smallest absolute Gasteiger partial charge is 0.343 e. The third kappa shape index (κ3) is 1.18. The van der Waals surface area contributed by atoms with Crippen LogP contribution in [0.2, 0.25) is 0 Å². The van der Waals surface area contributed by atoms with E-state index in [2.05, 4.69) is 0 Å². The van der Waals surface area contributed by atoms with Crippen molar-refractivity contribution in [1.82, 2.24) is 0 Å². The van der Waals surface area contributed by atoms with Gasteiger partial charge in [-0.1, -0.05) is 29.8 Å². The molecule has 0 unspecified atom stereocenters. The molecule has 1 aliphatic carbocycles. The molecule has 16 heavy (non-hydrogen) atoms. The van der Waals surface area contributed by atoms with Gasteiger partial charge in [0.25, 0.3) is 0 Å². The van der Waals surface area contributed by atoms with Gasteiger partial charge in [0.05, 0.1) is 0 Å². The van der Waals surface area contributed by atoms with E-state index in [0.717, 1.165) is 24.0 Å². The van der Waals surface area contributed by atoms with E-state index in [1.54, 1.807) is 0 Å². The molecule has 3 heteroatoms. The van der Waals surface area contributed by atoms with Gasteiger partial charge in [-0.05, 0) is 25.3 Å². The van der Waals surface area contributed by atoms with E-state index >= 15 is 0 Å². The van der Waals surface area contributed by atoms with Gasteiger partial charge in [0, 0.05) is 0 Å². The van der Waals surface area contributed by atoms with Crippen LogP contribution in [-0.4, -0.2) is 16.7 Å². The maximum absolute atomic E-state index is 11.7. The van der Waals surface area contributed by atoms with E-state index in [0.29, 0.717) is 5.57 Å². The minimum atomic E-state index is -0.669. The second-order valence-electron chi connectivity index (χ2n) is 4.47.